The van der Waals surface area contributed by atoms with E-state index in [9.17, 15) is 9.59 Å². The summed E-state index contributed by atoms with van der Waals surface area (Å²) in [6.07, 6.45) is 2.26. The molecule has 126 valence electrons. The van der Waals surface area contributed by atoms with Crippen molar-refractivity contribution in [1.29, 1.82) is 0 Å². The normalized spacial score (nSPS) is 15.6. The van der Waals surface area contributed by atoms with Crippen LogP contribution in [0.1, 0.15) is 30.1 Å². The number of rotatable bonds is 3. The summed E-state index contributed by atoms with van der Waals surface area (Å²) in [5.41, 5.74) is -0.00191. The van der Waals surface area contributed by atoms with Crippen LogP contribution in [-0.2, 0) is 0 Å². The lowest BCUT2D eigenvalue weighted by atomic mass is 10.00. The van der Waals surface area contributed by atoms with Crippen LogP contribution >= 0.6 is 24.0 Å². The second-order valence-corrected chi connectivity index (χ2v) is 7.74. The number of carbonyl (C=O) groups is 1. The number of fused-ring (bicyclic) bond motifs is 1. The van der Waals surface area contributed by atoms with E-state index in [4.69, 9.17) is 16.6 Å². The number of benzene rings is 1. The van der Waals surface area contributed by atoms with Crippen LogP contribution in [0.15, 0.2) is 39.5 Å². The van der Waals surface area contributed by atoms with Crippen molar-refractivity contribution in [3.8, 4) is 0 Å². The number of likely N-dealkylation sites (tertiary alicyclic amines) is 1. The Labute approximate surface area is 150 Å². The minimum Gasteiger partial charge on any atom is -0.422 e. The molecule has 1 aromatic heterocycles. The van der Waals surface area contributed by atoms with Crippen LogP contribution in [0.2, 0.25) is 0 Å². The van der Waals surface area contributed by atoms with Gasteiger partial charge in [0.1, 0.15) is 15.5 Å². The minimum absolute atomic E-state index is 0.0938. The highest BCUT2D eigenvalue weighted by molar-refractivity contribution is 8.23. The van der Waals surface area contributed by atoms with E-state index < -0.39 is 5.63 Å². The van der Waals surface area contributed by atoms with Gasteiger partial charge in [-0.3, -0.25) is 4.79 Å². The number of nitrogens with zero attached hydrogens (tertiary/aromatic N) is 1. The van der Waals surface area contributed by atoms with E-state index in [2.05, 4.69) is 11.8 Å². The Morgan fingerprint density at radius 3 is 2.79 bits per heavy atom. The number of para-hydroxylation sites is 1. The van der Waals surface area contributed by atoms with Crippen LogP contribution in [0.25, 0.3) is 11.0 Å². The number of thiocarbonyl (C=S) groups is 1. The molecule has 1 aromatic carbocycles. The number of carbonyl (C=O) groups excluding carboxylic acids is 1. The van der Waals surface area contributed by atoms with Crippen molar-refractivity contribution in [3.05, 3.63) is 46.3 Å². The van der Waals surface area contributed by atoms with Crippen molar-refractivity contribution >= 4 is 45.1 Å². The van der Waals surface area contributed by atoms with Gasteiger partial charge in [-0.25, -0.2) is 4.79 Å². The zero-order chi connectivity index (χ0) is 17.1. The van der Waals surface area contributed by atoms with Gasteiger partial charge >= 0.3 is 5.63 Å². The summed E-state index contributed by atoms with van der Waals surface area (Å²) in [5, 5.41) is 0.748. The molecule has 4 nitrogen and oxygen atoms in total. The Kier molecular flexibility index (Phi) is 5.36. The number of Topliss-reactive ketones (excluding diaryl/α,β-unsaturated/α-hetero) is 1. The predicted molar refractivity (Wildman–Crippen MR) is 102 cm³/mol. The molecule has 1 saturated heterocycles. The molecule has 1 aliphatic heterocycles. The van der Waals surface area contributed by atoms with Crippen LogP contribution in [-0.4, -0.2) is 33.8 Å². The minimum atomic E-state index is -0.586. The van der Waals surface area contributed by atoms with Crippen LogP contribution < -0.4 is 5.63 Å². The molecular formula is C18H19NO3S2. The van der Waals surface area contributed by atoms with Crippen molar-refractivity contribution in [3.63, 3.8) is 0 Å². The van der Waals surface area contributed by atoms with Crippen LogP contribution in [0.3, 0.4) is 0 Å². The molecule has 1 fully saturated rings. The lowest BCUT2D eigenvalue weighted by Gasteiger charge is -2.31. The molecule has 0 N–H and O–H groups in total. The van der Waals surface area contributed by atoms with Gasteiger partial charge in [-0.1, -0.05) is 49.1 Å². The number of hydrogen-bond acceptors (Lipinski definition) is 5. The van der Waals surface area contributed by atoms with Gasteiger partial charge in [-0.15, -0.1) is 0 Å². The number of hydrogen-bond donors (Lipinski definition) is 0. The maximum absolute atomic E-state index is 12.4. The van der Waals surface area contributed by atoms with Gasteiger partial charge in [-0.05, 0) is 30.9 Å². The molecule has 3 rings (SSSR count). The predicted octanol–water partition coefficient (Wildman–Crippen LogP) is 3.73. The van der Waals surface area contributed by atoms with E-state index >= 15 is 0 Å². The molecule has 0 saturated carbocycles. The van der Waals surface area contributed by atoms with Crippen LogP contribution in [0.5, 0.6) is 0 Å². The van der Waals surface area contributed by atoms with Crippen molar-refractivity contribution in [2.45, 2.75) is 19.8 Å². The summed E-state index contributed by atoms with van der Waals surface area (Å²) >= 11 is 6.75. The van der Waals surface area contributed by atoms with Gasteiger partial charge in [0.2, 0.25) is 0 Å². The maximum Gasteiger partial charge on any atom is 0.347 e. The molecule has 0 atom stereocenters. The number of thioether (sulfide) groups is 1. The Morgan fingerprint density at radius 2 is 2.04 bits per heavy atom. The van der Waals surface area contributed by atoms with Crippen molar-refractivity contribution in [2.75, 3.05) is 18.8 Å². The Hall–Kier alpha value is -1.66. The topological polar surface area (TPSA) is 50.5 Å². The first-order chi connectivity index (χ1) is 11.5. The summed E-state index contributed by atoms with van der Waals surface area (Å²) < 4.78 is 5.96. The molecule has 6 heteroatoms. The third-order valence-electron chi connectivity index (χ3n) is 4.31. The molecule has 2 heterocycles. The molecule has 0 bridgehead atoms. The van der Waals surface area contributed by atoms with Crippen LogP contribution in [0, 0.1) is 5.92 Å². The second kappa shape index (κ2) is 7.49. The summed E-state index contributed by atoms with van der Waals surface area (Å²) in [7, 11) is 0. The van der Waals surface area contributed by atoms with Gasteiger partial charge in [0, 0.05) is 18.5 Å². The molecule has 24 heavy (non-hydrogen) atoms. The first kappa shape index (κ1) is 17.2. The molecule has 2 aromatic rings. The highest BCUT2D eigenvalue weighted by atomic mass is 32.2. The quantitative estimate of drug-likeness (QED) is 0.472. The van der Waals surface area contributed by atoms with Crippen molar-refractivity contribution in [2.24, 2.45) is 5.92 Å². The Bertz CT molecular complexity index is 822. The van der Waals surface area contributed by atoms with Gasteiger partial charge < -0.3 is 9.32 Å². The molecule has 0 aliphatic carbocycles. The summed E-state index contributed by atoms with van der Waals surface area (Å²) in [4.78, 5) is 26.6. The first-order valence-electron chi connectivity index (χ1n) is 8.02. The molecule has 0 radical (unpaired) electrons. The van der Waals surface area contributed by atoms with E-state index in [-0.39, 0.29) is 17.1 Å². The zero-order valence-corrected chi connectivity index (χ0v) is 15.1. The standard InChI is InChI=1S/C18H19NO3S2/c1-12-6-8-19(9-7-12)18(23)24-11-15(20)14-10-13-4-2-3-5-16(13)22-17(14)21/h2-5,10,12H,6-9,11H2,1H3. The molecule has 0 unspecified atom stereocenters. The zero-order valence-electron chi connectivity index (χ0n) is 13.5. The lowest BCUT2D eigenvalue weighted by molar-refractivity contribution is 0.101. The second-order valence-electron chi connectivity index (χ2n) is 6.13. The van der Waals surface area contributed by atoms with Crippen molar-refractivity contribution in [1.82, 2.24) is 4.90 Å². The fourth-order valence-electron chi connectivity index (χ4n) is 2.74. The van der Waals surface area contributed by atoms with E-state index in [1.54, 1.807) is 18.2 Å². The third kappa shape index (κ3) is 3.87. The summed E-state index contributed by atoms with van der Waals surface area (Å²) in [6, 6.07) is 8.78. The van der Waals surface area contributed by atoms with E-state index in [0.29, 0.717) is 5.58 Å². The maximum atomic E-state index is 12.4. The average Bonchev–Trinajstić information content (AvgIpc) is 2.59. The van der Waals surface area contributed by atoms with E-state index in [1.807, 2.05) is 12.1 Å². The first-order valence-corrected chi connectivity index (χ1v) is 9.42. The smallest absolute Gasteiger partial charge is 0.347 e. The SMILES string of the molecule is CC1CCN(C(=S)SCC(=O)c2cc3ccccc3oc2=O)CC1. The molecule has 1 aliphatic rings. The van der Waals surface area contributed by atoms with Gasteiger partial charge in [0.15, 0.2) is 5.78 Å². The average molecular weight is 361 g/mol. The van der Waals surface area contributed by atoms with E-state index in [1.165, 1.54) is 11.8 Å². The highest BCUT2D eigenvalue weighted by Gasteiger charge is 2.20. The van der Waals surface area contributed by atoms with Gasteiger partial charge in [0.25, 0.3) is 0 Å². The fraction of sp³-hybridized carbons (Fsp3) is 0.389. The fourth-order valence-corrected chi connectivity index (χ4v) is 3.88. The van der Waals surface area contributed by atoms with E-state index in [0.717, 1.165) is 41.6 Å². The Balaban J connectivity index is 1.66. The van der Waals surface area contributed by atoms with Gasteiger partial charge in [0.05, 0.1) is 5.75 Å². The van der Waals surface area contributed by atoms with Crippen LogP contribution in [0.4, 0.5) is 0 Å². The summed E-state index contributed by atoms with van der Waals surface area (Å²) in [5.74, 6) is 0.652. The van der Waals surface area contributed by atoms with Gasteiger partial charge in [-0.2, -0.15) is 0 Å². The molecule has 0 amide bonds. The Morgan fingerprint density at radius 1 is 1.33 bits per heavy atom. The monoisotopic (exact) mass is 361 g/mol. The molecular weight excluding hydrogens is 342 g/mol. The lowest BCUT2D eigenvalue weighted by Crippen LogP contribution is -2.35. The number of piperidine rings is 1. The number of ketones is 1. The third-order valence-corrected chi connectivity index (χ3v) is 5.83. The highest BCUT2D eigenvalue weighted by Crippen LogP contribution is 2.21. The van der Waals surface area contributed by atoms with Crippen molar-refractivity contribution < 1.29 is 9.21 Å². The largest absolute Gasteiger partial charge is 0.422 e. The molecule has 0 spiro atoms. The summed E-state index contributed by atoms with van der Waals surface area (Å²) in [6.45, 7) is 4.13.